The van der Waals surface area contributed by atoms with Crippen molar-refractivity contribution in [2.75, 3.05) is 18.9 Å². The molecule has 0 amide bonds. The largest absolute Gasteiger partial charge is 0.497 e. The van der Waals surface area contributed by atoms with Crippen molar-refractivity contribution in [2.24, 2.45) is 5.92 Å². The van der Waals surface area contributed by atoms with Crippen molar-refractivity contribution in [3.8, 4) is 11.5 Å². The summed E-state index contributed by atoms with van der Waals surface area (Å²) in [7, 11) is -0.921. The van der Waals surface area contributed by atoms with Crippen molar-refractivity contribution < 1.29 is 17.9 Å². The highest BCUT2D eigenvalue weighted by molar-refractivity contribution is 7.92. The van der Waals surface area contributed by atoms with E-state index in [4.69, 9.17) is 9.47 Å². The first-order valence-corrected chi connectivity index (χ1v) is 9.23. The average Bonchev–Trinajstić information content (AvgIpc) is 3.33. The molecule has 0 spiro atoms. The number of benzene rings is 1. The van der Waals surface area contributed by atoms with Crippen LogP contribution in [0, 0.1) is 5.92 Å². The van der Waals surface area contributed by atoms with Crippen LogP contribution in [-0.4, -0.2) is 32.4 Å². The van der Waals surface area contributed by atoms with Crippen LogP contribution in [-0.2, 0) is 10.0 Å². The molecule has 130 valence electrons. The van der Waals surface area contributed by atoms with E-state index >= 15 is 0 Å². The molecule has 1 aliphatic rings. The highest BCUT2D eigenvalue weighted by atomic mass is 32.2. The van der Waals surface area contributed by atoms with Gasteiger partial charge in [0.05, 0.1) is 26.5 Å². The minimum atomic E-state index is -3.84. The maximum atomic E-state index is 12.8. The highest BCUT2D eigenvalue weighted by Crippen LogP contribution is 2.40. The second kappa shape index (κ2) is 6.35. The molecule has 0 bridgehead atoms. The molecule has 0 unspecified atom stereocenters. The Bertz CT molecular complexity index is 828. The third-order valence-electron chi connectivity index (χ3n) is 4.26. The van der Waals surface area contributed by atoms with Crippen molar-refractivity contribution in [2.45, 2.75) is 30.7 Å². The number of nitrogens with zero attached hydrogens (tertiary/aromatic N) is 2. The van der Waals surface area contributed by atoms with Crippen LogP contribution in [0.15, 0.2) is 35.4 Å². The Balaban J connectivity index is 1.94. The molecule has 1 heterocycles. The summed E-state index contributed by atoms with van der Waals surface area (Å²) < 4.78 is 40.3. The quantitative estimate of drug-likeness (QED) is 0.829. The lowest BCUT2D eigenvalue weighted by Gasteiger charge is -2.17. The first-order valence-electron chi connectivity index (χ1n) is 7.74. The van der Waals surface area contributed by atoms with E-state index in [-0.39, 0.29) is 16.7 Å². The number of hydrogen-bond acceptors (Lipinski definition) is 5. The number of rotatable bonds is 7. The SMILES string of the molecule is COc1ccc(OC)c(S(=O)(=O)Nc2ccnn2[C@H](C)C2CC2)c1. The molecule has 1 aromatic heterocycles. The van der Waals surface area contributed by atoms with E-state index in [0.717, 1.165) is 12.8 Å². The van der Waals surface area contributed by atoms with Crippen LogP contribution in [0.3, 0.4) is 0 Å². The molecule has 0 aliphatic heterocycles. The Hall–Kier alpha value is -2.22. The lowest BCUT2D eigenvalue weighted by molar-refractivity contribution is 0.392. The van der Waals surface area contributed by atoms with Gasteiger partial charge in [0.2, 0.25) is 0 Å². The molecule has 0 saturated heterocycles. The van der Waals surface area contributed by atoms with Crippen LogP contribution in [0.2, 0.25) is 0 Å². The number of aromatic nitrogens is 2. The number of anilines is 1. The Labute approximate surface area is 141 Å². The molecular formula is C16H21N3O4S. The van der Waals surface area contributed by atoms with Crippen molar-refractivity contribution in [1.29, 1.82) is 0 Å². The minimum Gasteiger partial charge on any atom is -0.497 e. The van der Waals surface area contributed by atoms with Crippen LogP contribution in [0.25, 0.3) is 0 Å². The summed E-state index contributed by atoms with van der Waals surface area (Å²) in [6.07, 6.45) is 3.90. The van der Waals surface area contributed by atoms with Crippen LogP contribution in [0.5, 0.6) is 11.5 Å². The number of methoxy groups -OCH3 is 2. The van der Waals surface area contributed by atoms with Crippen LogP contribution in [0.1, 0.15) is 25.8 Å². The second-order valence-corrected chi connectivity index (χ2v) is 7.51. The summed E-state index contributed by atoms with van der Waals surface area (Å²) in [6, 6.07) is 6.47. The third kappa shape index (κ3) is 3.19. The normalized spacial score (nSPS) is 15.8. The highest BCUT2D eigenvalue weighted by Gasteiger charge is 2.31. The molecule has 24 heavy (non-hydrogen) atoms. The van der Waals surface area contributed by atoms with E-state index in [2.05, 4.69) is 16.7 Å². The van der Waals surface area contributed by atoms with E-state index in [0.29, 0.717) is 17.5 Å². The predicted octanol–water partition coefficient (Wildman–Crippen LogP) is 2.67. The third-order valence-corrected chi connectivity index (χ3v) is 5.64. The molecule has 1 aromatic carbocycles. The Morgan fingerprint density at radius 3 is 2.62 bits per heavy atom. The van der Waals surface area contributed by atoms with E-state index in [1.54, 1.807) is 29.1 Å². The molecule has 1 aliphatic carbocycles. The van der Waals surface area contributed by atoms with Gasteiger partial charge in [0.1, 0.15) is 22.2 Å². The van der Waals surface area contributed by atoms with Gasteiger partial charge in [-0.15, -0.1) is 0 Å². The smallest absolute Gasteiger partial charge is 0.266 e. The van der Waals surface area contributed by atoms with Gasteiger partial charge in [-0.05, 0) is 37.8 Å². The zero-order valence-electron chi connectivity index (χ0n) is 13.9. The number of sulfonamides is 1. The average molecular weight is 351 g/mol. The van der Waals surface area contributed by atoms with E-state index in [1.165, 1.54) is 20.3 Å². The fourth-order valence-electron chi connectivity index (χ4n) is 2.68. The first-order chi connectivity index (χ1) is 11.5. The van der Waals surface area contributed by atoms with Gasteiger partial charge in [-0.2, -0.15) is 5.10 Å². The predicted molar refractivity (Wildman–Crippen MR) is 90.0 cm³/mol. The van der Waals surface area contributed by atoms with E-state index in [1.807, 2.05) is 0 Å². The maximum absolute atomic E-state index is 12.8. The molecule has 2 aromatic rings. The number of hydrogen-bond donors (Lipinski definition) is 1. The zero-order valence-corrected chi connectivity index (χ0v) is 14.7. The van der Waals surface area contributed by atoms with Gasteiger partial charge in [0.25, 0.3) is 10.0 Å². The fourth-order valence-corrected chi connectivity index (χ4v) is 3.92. The summed E-state index contributed by atoms with van der Waals surface area (Å²) in [6.45, 7) is 2.05. The fraction of sp³-hybridized carbons (Fsp3) is 0.438. The van der Waals surface area contributed by atoms with Crippen LogP contribution in [0.4, 0.5) is 5.82 Å². The lowest BCUT2D eigenvalue weighted by atomic mass is 10.2. The van der Waals surface area contributed by atoms with Crippen molar-refractivity contribution in [1.82, 2.24) is 9.78 Å². The van der Waals surface area contributed by atoms with Gasteiger partial charge in [0.15, 0.2) is 0 Å². The van der Waals surface area contributed by atoms with Crippen LogP contribution >= 0.6 is 0 Å². The summed E-state index contributed by atoms with van der Waals surface area (Å²) in [4.78, 5) is 0.0242. The zero-order chi connectivity index (χ0) is 17.3. The summed E-state index contributed by atoms with van der Waals surface area (Å²) >= 11 is 0. The van der Waals surface area contributed by atoms with Gasteiger partial charge in [0, 0.05) is 12.1 Å². The summed E-state index contributed by atoms with van der Waals surface area (Å²) in [5.41, 5.74) is 0. The van der Waals surface area contributed by atoms with Gasteiger partial charge in [-0.3, -0.25) is 4.72 Å². The molecule has 0 radical (unpaired) electrons. The topological polar surface area (TPSA) is 82.4 Å². The van der Waals surface area contributed by atoms with Crippen molar-refractivity contribution in [3.05, 3.63) is 30.5 Å². The van der Waals surface area contributed by atoms with E-state index in [9.17, 15) is 8.42 Å². The molecule has 1 N–H and O–H groups in total. The molecular weight excluding hydrogens is 330 g/mol. The van der Waals surface area contributed by atoms with Gasteiger partial charge in [-0.1, -0.05) is 0 Å². The number of ether oxygens (including phenoxy) is 2. The van der Waals surface area contributed by atoms with E-state index < -0.39 is 10.0 Å². The van der Waals surface area contributed by atoms with Gasteiger partial charge < -0.3 is 9.47 Å². The lowest BCUT2D eigenvalue weighted by Crippen LogP contribution is -2.19. The first kappa shape index (κ1) is 16.6. The van der Waals surface area contributed by atoms with Gasteiger partial charge >= 0.3 is 0 Å². The summed E-state index contributed by atoms with van der Waals surface area (Å²) in [5, 5.41) is 4.27. The monoisotopic (exact) mass is 351 g/mol. The van der Waals surface area contributed by atoms with Crippen LogP contribution < -0.4 is 14.2 Å². The molecule has 8 heteroatoms. The summed E-state index contributed by atoms with van der Waals surface area (Å²) in [5.74, 6) is 1.69. The van der Waals surface area contributed by atoms with Gasteiger partial charge in [-0.25, -0.2) is 13.1 Å². The molecule has 1 fully saturated rings. The number of nitrogens with one attached hydrogen (secondary N) is 1. The Morgan fingerprint density at radius 1 is 1.25 bits per heavy atom. The Kier molecular flexibility index (Phi) is 4.40. The second-order valence-electron chi connectivity index (χ2n) is 5.86. The van der Waals surface area contributed by atoms with Crippen molar-refractivity contribution >= 4 is 15.8 Å². The Morgan fingerprint density at radius 2 is 2.00 bits per heavy atom. The molecule has 1 atom stereocenters. The minimum absolute atomic E-state index is 0.0242. The maximum Gasteiger partial charge on any atom is 0.266 e. The standard InChI is InChI=1S/C16H21N3O4S/c1-11(12-4-5-12)19-16(8-9-17-19)18-24(20,21)15-10-13(22-2)6-7-14(15)23-3/h6-12,18H,4-5H2,1-3H3/t11-/m1/s1. The molecule has 7 nitrogen and oxygen atoms in total. The van der Waals surface area contributed by atoms with Crippen molar-refractivity contribution in [3.63, 3.8) is 0 Å². The molecule has 1 saturated carbocycles. The molecule has 3 rings (SSSR count).